The largest absolute Gasteiger partial charge is 0.370 e. The minimum absolute atomic E-state index is 0.00217. The van der Waals surface area contributed by atoms with Gasteiger partial charge in [-0.25, -0.2) is 4.98 Å². The zero-order valence-electron chi connectivity index (χ0n) is 8.87. The van der Waals surface area contributed by atoms with Crippen molar-refractivity contribution in [2.24, 2.45) is 5.73 Å². The second kappa shape index (κ2) is 4.20. The van der Waals surface area contributed by atoms with E-state index in [0.717, 1.165) is 5.52 Å². The number of fused-ring (bicyclic) bond motifs is 1. The number of carbonyl (C=O) groups excluding carboxylic acids is 1. The van der Waals surface area contributed by atoms with Crippen LogP contribution in [0.3, 0.4) is 0 Å². The molecule has 0 radical (unpaired) electrons. The van der Waals surface area contributed by atoms with Gasteiger partial charge < -0.3 is 10.3 Å². The van der Waals surface area contributed by atoms with Crippen LogP contribution in [0.25, 0.3) is 11.0 Å². The van der Waals surface area contributed by atoms with Gasteiger partial charge in [0.1, 0.15) is 0 Å². The van der Waals surface area contributed by atoms with Gasteiger partial charge in [-0.15, -0.1) is 0 Å². The van der Waals surface area contributed by atoms with E-state index in [4.69, 9.17) is 5.73 Å². The fraction of sp³-hybridized carbons (Fsp3) is 0.200. The van der Waals surface area contributed by atoms with E-state index in [1.165, 1.54) is 18.5 Å². The minimum Gasteiger partial charge on any atom is -0.370 e. The third-order valence-electron chi connectivity index (χ3n) is 2.41. The molecule has 0 bridgehead atoms. The van der Waals surface area contributed by atoms with Crippen LogP contribution < -0.4 is 5.73 Å². The van der Waals surface area contributed by atoms with E-state index in [0.29, 0.717) is 12.1 Å². The van der Waals surface area contributed by atoms with Crippen LogP contribution in [-0.2, 0) is 11.3 Å². The molecule has 17 heavy (non-hydrogen) atoms. The Morgan fingerprint density at radius 1 is 1.53 bits per heavy atom. The number of nitro benzene ring substituents is 1. The smallest absolute Gasteiger partial charge is 0.271 e. The maximum absolute atomic E-state index is 10.7. The summed E-state index contributed by atoms with van der Waals surface area (Å²) in [5.41, 5.74) is 6.33. The Balaban J connectivity index is 2.34. The number of rotatable bonds is 4. The van der Waals surface area contributed by atoms with Crippen molar-refractivity contribution >= 4 is 22.6 Å². The summed E-state index contributed by atoms with van der Waals surface area (Å²) in [5.74, 6) is -0.395. The number of benzene rings is 1. The predicted octanol–water partition coefficient (Wildman–Crippen LogP) is 0.820. The molecule has 0 saturated carbocycles. The van der Waals surface area contributed by atoms with Crippen LogP contribution in [0.2, 0.25) is 0 Å². The average molecular weight is 234 g/mol. The van der Waals surface area contributed by atoms with Gasteiger partial charge in [0.2, 0.25) is 5.91 Å². The van der Waals surface area contributed by atoms with Crippen molar-refractivity contribution in [3.05, 3.63) is 34.6 Å². The summed E-state index contributed by atoms with van der Waals surface area (Å²) < 4.78 is 1.74. The first-order valence-corrected chi connectivity index (χ1v) is 4.95. The fourth-order valence-corrected chi connectivity index (χ4v) is 1.57. The molecule has 0 aliphatic heterocycles. The number of nitrogens with zero attached hydrogens (tertiary/aromatic N) is 3. The lowest BCUT2D eigenvalue weighted by molar-refractivity contribution is -0.384. The average Bonchev–Trinajstić information content (AvgIpc) is 2.68. The van der Waals surface area contributed by atoms with E-state index in [-0.39, 0.29) is 12.1 Å². The summed E-state index contributed by atoms with van der Waals surface area (Å²) in [6.45, 7) is 0.420. The first-order valence-electron chi connectivity index (χ1n) is 4.95. The highest BCUT2D eigenvalue weighted by Gasteiger charge is 2.09. The van der Waals surface area contributed by atoms with Crippen molar-refractivity contribution < 1.29 is 9.72 Å². The summed E-state index contributed by atoms with van der Waals surface area (Å²) in [6.07, 6.45) is 1.75. The van der Waals surface area contributed by atoms with Gasteiger partial charge in [0, 0.05) is 25.1 Å². The maximum atomic E-state index is 10.7. The van der Waals surface area contributed by atoms with Crippen molar-refractivity contribution in [1.82, 2.24) is 9.55 Å². The molecular formula is C10H10N4O3. The Morgan fingerprint density at radius 3 is 2.94 bits per heavy atom. The van der Waals surface area contributed by atoms with Gasteiger partial charge in [0.05, 0.1) is 22.3 Å². The van der Waals surface area contributed by atoms with Gasteiger partial charge in [0.15, 0.2) is 0 Å². The van der Waals surface area contributed by atoms with E-state index >= 15 is 0 Å². The second-order valence-electron chi connectivity index (χ2n) is 3.58. The molecule has 0 aliphatic rings. The van der Waals surface area contributed by atoms with Gasteiger partial charge in [-0.1, -0.05) is 0 Å². The lowest BCUT2D eigenvalue weighted by Crippen LogP contribution is -2.13. The molecule has 1 amide bonds. The molecule has 1 aromatic carbocycles. The summed E-state index contributed by atoms with van der Waals surface area (Å²) in [7, 11) is 0. The Hall–Kier alpha value is -2.44. The summed E-state index contributed by atoms with van der Waals surface area (Å²) in [4.78, 5) is 24.8. The number of amides is 1. The monoisotopic (exact) mass is 234 g/mol. The molecular weight excluding hydrogens is 224 g/mol. The number of aryl methyl sites for hydroxylation is 1. The molecule has 0 saturated heterocycles. The zero-order chi connectivity index (χ0) is 12.4. The lowest BCUT2D eigenvalue weighted by Gasteiger charge is -2.01. The number of imidazole rings is 1. The standard InChI is InChI=1S/C10H10N4O3/c11-10(15)3-4-13-6-12-8-5-7(14(16)17)1-2-9(8)13/h1-2,5-6H,3-4H2,(H2,11,15). The van der Waals surface area contributed by atoms with Gasteiger partial charge in [0.25, 0.3) is 5.69 Å². The number of nitrogens with two attached hydrogens (primary N) is 1. The number of aromatic nitrogens is 2. The van der Waals surface area contributed by atoms with E-state index in [1.807, 2.05) is 0 Å². The Labute approximate surface area is 96.0 Å². The van der Waals surface area contributed by atoms with Crippen LogP contribution in [0.4, 0.5) is 5.69 Å². The maximum Gasteiger partial charge on any atom is 0.271 e. The normalized spacial score (nSPS) is 10.6. The Morgan fingerprint density at radius 2 is 2.29 bits per heavy atom. The fourth-order valence-electron chi connectivity index (χ4n) is 1.57. The van der Waals surface area contributed by atoms with Crippen molar-refractivity contribution in [3.8, 4) is 0 Å². The first kappa shape index (κ1) is 11.1. The van der Waals surface area contributed by atoms with Gasteiger partial charge in [-0.05, 0) is 6.07 Å². The van der Waals surface area contributed by atoms with E-state index in [9.17, 15) is 14.9 Å². The number of non-ortho nitro benzene ring substituents is 1. The van der Waals surface area contributed by atoms with Crippen LogP contribution in [-0.4, -0.2) is 20.4 Å². The van der Waals surface area contributed by atoms with Gasteiger partial charge >= 0.3 is 0 Å². The molecule has 0 atom stereocenters. The molecule has 2 N–H and O–H groups in total. The number of nitro groups is 1. The molecule has 0 spiro atoms. The topological polar surface area (TPSA) is 104 Å². The molecule has 0 unspecified atom stereocenters. The highest BCUT2D eigenvalue weighted by atomic mass is 16.6. The van der Waals surface area contributed by atoms with E-state index < -0.39 is 10.8 Å². The number of carbonyl (C=O) groups is 1. The van der Waals surface area contributed by atoms with E-state index in [1.54, 1.807) is 10.6 Å². The SMILES string of the molecule is NC(=O)CCn1cnc2cc([N+](=O)[O-])ccc21. The molecule has 2 rings (SSSR count). The molecule has 88 valence electrons. The van der Waals surface area contributed by atoms with Crippen molar-refractivity contribution in [3.63, 3.8) is 0 Å². The first-order chi connectivity index (χ1) is 8.08. The quantitative estimate of drug-likeness (QED) is 0.624. The summed E-state index contributed by atoms with van der Waals surface area (Å²) >= 11 is 0. The van der Waals surface area contributed by atoms with Crippen LogP contribution in [0.5, 0.6) is 0 Å². The third-order valence-corrected chi connectivity index (χ3v) is 2.41. The molecule has 7 heteroatoms. The van der Waals surface area contributed by atoms with Crippen LogP contribution in [0, 0.1) is 10.1 Å². The van der Waals surface area contributed by atoms with Crippen molar-refractivity contribution in [2.45, 2.75) is 13.0 Å². The van der Waals surface area contributed by atoms with Crippen LogP contribution in [0.15, 0.2) is 24.5 Å². The summed E-state index contributed by atoms with van der Waals surface area (Å²) in [5, 5.41) is 10.6. The van der Waals surface area contributed by atoms with Crippen LogP contribution in [0.1, 0.15) is 6.42 Å². The lowest BCUT2D eigenvalue weighted by atomic mass is 10.2. The Kier molecular flexibility index (Phi) is 2.73. The van der Waals surface area contributed by atoms with Crippen molar-refractivity contribution in [1.29, 1.82) is 0 Å². The van der Waals surface area contributed by atoms with E-state index in [2.05, 4.69) is 4.98 Å². The minimum atomic E-state index is -0.470. The zero-order valence-corrected chi connectivity index (χ0v) is 8.87. The molecule has 1 aromatic heterocycles. The third kappa shape index (κ3) is 2.22. The molecule has 0 fully saturated rings. The number of hydrogen-bond donors (Lipinski definition) is 1. The highest BCUT2D eigenvalue weighted by molar-refractivity contribution is 5.78. The van der Waals surface area contributed by atoms with Crippen LogP contribution >= 0.6 is 0 Å². The molecule has 1 heterocycles. The van der Waals surface area contributed by atoms with Crippen molar-refractivity contribution in [2.75, 3.05) is 0 Å². The van der Waals surface area contributed by atoms with Gasteiger partial charge in [-0.3, -0.25) is 14.9 Å². The molecule has 2 aromatic rings. The predicted molar refractivity (Wildman–Crippen MR) is 60.2 cm³/mol. The number of hydrogen-bond acceptors (Lipinski definition) is 4. The number of primary amides is 1. The Bertz CT molecular complexity index is 590. The summed E-state index contributed by atoms with van der Waals surface area (Å²) in [6, 6.07) is 4.42. The highest BCUT2D eigenvalue weighted by Crippen LogP contribution is 2.19. The molecule has 7 nitrogen and oxygen atoms in total. The second-order valence-corrected chi connectivity index (χ2v) is 3.58. The van der Waals surface area contributed by atoms with Gasteiger partial charge in [-0.2, -0.15) is 0 Å². The molecule has 0 aliphatic carbocycles.